The predicted molar refractivity (Wildman–Crippen MR) is 62.2 cm³/mol. The third-order valence-corrected chi connectivity index (χ3v) is 2.93. The Bertz CT molecular complexity index is 311. The summed E-state index contributed by atoms with van der Waals surface area (Å²) in [7, 11) is -3.13. The molecule has 0 fully saturated rings. The topological polar surface area (TPSA) is 96.6 Å². The number of aliphatic imine (C=N–C) groups is 1. The molecule has 0 heterocycles. The van der Waals surface area contributed by atoms with Crippen LogP contribution in [0.5, 0.6) is 0 Å². The van der Waals surface area contributed by atoms with E-state index in [0.29, 0.717) is 13.1 Å². The molecule has 6 nitrogen and oxygen atoms in total. The molecule has 0 aliphatic heterocycles. The summed E-state index contributed by atoms with van der Waals surface area (Å²) < 4.78 is 24.4. The van der Waals surface area contributed by atoms with Crippen molar-refractivity contribution in [1.29, 1.82) is 0 Å². The highest BCUT2D eigenvalue weighted by Crippen LogP contribution is 1.81. The molecule has 0 aromatic carbocycles. The summed E-state index contributed by atoms with van der Waals surface area (Å²) in [6.45, 7) is 6.19. The summed E-state index contributed by atoms with van der Waals surface area (Å²) in [5.74, 6) is 0.353. The van der Waals surface area contributed by atoms with Crippen LogP contribution in [0.1, 0.15) is 6.92 Å². The second kappa shape index (κ2) is 7.24. The fourth-order valence-corrected chi connectivity index (χ4v) is 1.32. The van der Waals surface area contributed by atoms with Crippen LogP contribution in [0.4, 0.5) is 0 Å². The Hall–Kier alpha value is -1.08. The Morgan fingerprint density at radius 3 is 2.80 bits per heavy atom. The second-order valence-corrected chi connectivity index (χ2v) is 4.83. The van der Waals surface area contributed by atoms with Gasteiger partial charge in [-0.2, -0.15) is 0 Å². The SMILES string of the molecule is C=CCNC(N)=NCCNS(=O)(=O)CC. The van der Waals surface area contributed by atoms with E-state index in [9.17, 15) is 8.42 Å². The van der Waals surface area contributed by atoms with Crippen LogP contribution in [0.15, 0.2) is 17.6 Å². The van der Waals surface area contributed by atoms with Gasteiger partial charge in [0.25, 0.3) is 0 Å². The van der Waals surface area contributed by atoms with Gasteiger partial charge in [-0.1, -0.05) is 6.08 Å². The number of nitrogens with zero attached hydrogens (tertiary/aromatic N) is 1. The van der Waals surface area contributed by atoms with Crippen molar-refractivity contribution in [2.75, 3.05) is 25.4 Å². The molecule has 0 aliphatic carbocycles. The first-order valence-electron chi connectivity index (χ1n) is 4.64. The Kier molecular flexibility index (Phi) is 6.72. The van der Waals surface area contributed by atoms with Crippen molar-refractivity contribution in [2.24, 2.45) is 10.7 Å². The Balaban J connectivity index is 3.74. The smallest absolute Gasteiger partial charge is 0.211 e. The van der Waals surface area contributed by atoms with Crippen molar-refractivity contribution in [3.05, 3.63) is 12.7 Å². The summed E-state index contributed by atoms with van der Waals surface area (Å²) >= 11 is 0. The molecule has 4 N–H and O–H groups in total. The largest absolute Gasteiger partial charge is 0.370 e. The standard InChI is InChI=1S/C8H18N4O2S/c1-3-5-10-8(9)11-6-7-12-15(13,14)4-2/h3,12H,1,4-7H2,2H3,(H3,9,10,11). The van der Waals surface area contributed by atoms with Gasteiger partial charge in [0.1, 0.15) is 0 Å². The summed E-state index contributed by atoms with van der Waals surface area (Å²) in [5, 5.41) is 2.78. The van der Waals surface area contributed by atoms with Gasteiger partial charge in [-0.3, -0.25) is 4.99 Å². The van der Waals surface area contributed by atoms with E-state index in [4.69, 9.17) is 5.73 Å². The van der Waals surface area contributed by atoms with Crippen molar-refractivity contribution in [3.63, 3.8) is 0 Å². The Morgan fingerprint density at radius 2 is 2.27 bits per heavy atom. The maximum Gasteiger partial charge on any atom is 0.211 e. The van der Waals surface area contributed by atoms with Crippen LogP contribution >= 0.6 is 0 Å². The molecule has 0 saturated carbocycles. The molecule has 0 radical (unpaired) electrons. The van der Waals surface area contributed by atoms with Crippen LogP contribution < -0.4 is 15.8 Å². The molecule has 0 bridgehead atoms. The molecule has 0 rings (SSSR count). The Morgan fingerprint density at radius 1 is 1.60 bits per heavy atom. The number of guanidine groups is 1. The van der Waals surface area contributed by atoms with Gasteiger partial charge in [-0.25, -0.2) is 13.1 Å². The van der Waals surface area contributed by atoms with E-state index >= 15 is 0 Å². The van der Waals surface area contributed by atoms with Crippen molar-refractivity contribution < 1.29 is 8.42 Å². The number of nitrogens with one attached hydrogen (secondary N) is 2. The summed E-state index contributed by atoms with van der Waals surface area (Å²) in [5.41, 5.74) is 5.46. The van der Waals surface area contributed by atoms with E-state index in [2.05, 4.69) is 21.6 Å². The van der Waals surface area contributed by atoms with Gasteiger partial charge in [-0.15, -0.1) is 6.58 Å². The van der Waals surface area contributed by atoms with E-state index in [0.717, 1.165) is 0 Å². The molecule has 0 amide bonds. The maximum absolute atomic E-state index is 11.0. The van der Waals surface area contributed by atoms with Crippen LogP contribution in [-0.2, 0) is 10.0 Å². The highest BCUT2D eigenvalue weighted by molar-refractivity contribution is 7.89. The van der Waals surface area contributed by atoms with Gasteiger partial charge in [0, 0.05) is 13.1 Å². The van der Waals surface area contributed by atoms with E-state index in [-0.39, 0.29) is 18.3 Å². The lowest BCUT2D eigenvalue weighted by atomic mass is 10.6. The first-order valence-corrected chi connectivity index (χ1v) is 6.29. The molecule has 0 unspecified atom stereocenters. The van der Waals surface area contributed by atoms with Crippen molar-refractivity contribution in [2.45, 2.75) is 6.92 Å². The van der Waals surface area contributed by atoms with Crippen LogP contribution in [0, 0.1) is 0 Å². The summed E-state index contributed by atoms with van der Waals surface area (Å²) in [6.07, 6.45) is 1.65. The van der Waals surface area contributed by atoms with Gasteiger partial charge in [0.2, 0.25) is 10.0 Å². The third kappa shape index (κ3) is 7.95. The third-order valence-electron chi connectivity index (χ3n) is 1.52. The molecule has 15 heavy (non-hydrogen) atoms. The molecule has 0 aromatic rings. The highest BCUT2D eigenvalue weighted by Gasteiger charge is 2.03. The first kappa shape index (κ1) is 13.9. The zero-order chi connectivity index (χ0) is 11.7. The van der Waals surface area contributed by atoms with Crippen molar-refractivity contribution in [3.8, 4) is 0 Å². The summed E-state index contributed by atoms with van der Waals surface area (Å²) in [6, 6.07) is 0. The fourth-order valence-electron chi connectivity index (χ4n) is 0.712. The number of sulfonamides is 1. The fraction of sp³-hybridized carbons (Fsp3) is 0.625. The lowest BCUT2D eigenvalue weighted by molar-refractivity contribution is 0.583. The quantitative estimate of drug-likeness (QED) is 0.228. The molecule has 7 heteroatoms. The zero-order valence-corrected chi connectivity index (χ0v) is 9.68. The molecular weight excluding hydrogens is 216 g/mol. The van der Waals surface area contributed by atoms with Gasteiger partial charge in [-0.05, 0) is 6.92 Å². The molecule has 0 aromatic heterocycles. The van der Waals surface area contributed by atoms with E-state index in [1.54, 1.807) is 13.0 Å². The summed E-state index contributed by atoms with van der Waals surface area (Å²) in [4.78, 5) is 3.91. The number of nitrogens with two attached hydrogens (primary N) is 1. The van der Waals surface area contributed by atoms with E-state index in [1.807, 2.05) is 0 Å². The second-order valence-electron chi connectivity index (χ2n) is 2.73. The highest BCUT2D eigenvalue weighted by atomic mass is 32.2. The number of hydrogen-bond donors (Lipinski definition) is 3. The van der Waals surface area contributed by atoms with Gasteiger partial charge in [0.05, 0.1) is 12.3 Å². The molecular formula is C8H18N4O2S. The van der Waals surface area contributed by atoms with E-state index < -0.39 is 10.0 Å². The van der Waals surface area contributed by atoms with Crippen molar-refractivity contribution >= 4 is 16.0 Å². The molecule has 0 atom stereocenters. The number of rotatable bonds is 7. The Labute approximate surface area is 90.7 Å². The first-order chi connectivity index (χ1) is 7.02. The monoisotopic (exact) mass is 234 g/mol. The van der Waals surface area contributed by atoms with E-state index in [1.165, 1.54) is 0 Å². The normalized spacial score (nSPS) is 12.5. The minimum atomic E-state index is -3.13. The number of hydrogen-bond acceptors (Lipinski definition) is 3. The molecule has 88 valence electrons. The lowest BCUT2D eigenvalue weighted by Gasteiger charge is -2.03. The minimum Gasteiger partial charge on any atom is -0.370 e. The van der Waals surface area contributed by atoms with Gasteiger partial charge in [0.15, 0.2) is 5.96 Å². The molecule has 0 spiro atoms. The van der Waals surface area contributed by atoms with Crippen LogP contribution in [0.2, 0.25) is 0 Å². The molecule has 0 aliphatic rings. The average Bonchev–Trinajstić information content (AvgIpc) is 2.21. The zero-order valence-electron chi connectivity index (χ0n) is 8.86. The minimum absolute atomic E-state index is 0.0703. The van der Waals surface area contributed by atoms with Crippen LogP contribution in [0.3, 0.4) is 0 Å². The maximum atomic E-state index is 11.0. The van der Waals surface area contributed by atoms with Crippen LogP contribution in [-0.4, -0.2) is 39.8 Å². The average molecular weight is 234 g/mol. The predicted octanol–water partition coefficient (Wildman–Crippen LogP) is -0.984. The van der Waals surface area contributed by atoms with Gasteiger partial charge >= 0.3 is 0 Å². The van der Waals surface area contributed by atoms with Crippen molar-refractivity contribution in [1.82, 2.24) is 10.0 Å². The van der Waals surface area contributed by atoms with Crippen LogP contribution in [0.25, 0.3) is 0 Å². The molecule has 0 saturated heterocycles. The lowest BCUT2D eigenvalue weighted by Crippen LogP contribution is -2.33. The van der Waals surface area contributed by atoms with Gasteiger partial charge < -0.3 is 11.1 Å².